The van der Waals surface area contributed by atoms with Crippen LogP contribution in [0.4, 0.5) is 17.1 Å². The molecule has 1 spiro atoms. The number of rotatable bonds is 5. The minimum absolute atomic E-state index is 0.152. The lowest BCUT2D eigenvalue weighted by Crippen LogP contribution is -2.29. The number of fused-ring (bicyclic) bond motifs is 3. The van der Waals surface area contributed by atoms with Crippen LogP contribution < -0.4 is 16.0 Å². The quantitative estimate of drug-likeness (QED) is 0.399. The molecule has 166 valence electrons. The lowest BCUT2D eigenvalue weighted by molar-refractivity contribution is -0.148. The van der Waals surface area contributed by atoms with Crippen LogP contribution in [0.2, 0.25) is 0 Å². The summed E-state index contributed by atoms with van der Waals surface area (Å²) in [6, 6.07) is 17.8. The largest absolute Gasteiger partial charge is 0.380 e. The number of hydrogen-bond acceptors (Lipinski definition) is 7. The molecule has 33 heavy (non-hydrogen) atoms. The Morgan fingerprint density at radius 2 is 2.00 bits per heavy atom. The van der Waals surface area contributed by atoms with Gasteiger partial charge in [0, 0.05) is 35.1 Å². The van der Waals surface area contributed by atoms with E-state index in [0.717, 1.165) is 33.4 Å². The van der Waals surface area contributed by atoms with E-state index in [9.17, 15) is 4.79 Å². The number of pyridine rings is 1. The molecule has 2 aromatic heterocycles. The Balaban J connectivity index is 1.19. The number of para-hydroxylation sites is 1. The van der Waals surface area contributed by atoms with E-state index in [1.807, 2.05) is 60.1 Å². The van der Waals surface area contributed by atoms with Gasteiger partial charge in [-0.2, -0.15) is 0 Å². The number of anilines is 3. The first-order valence-electron chi connectivity index (χ1n) is 10.8. The molecule has 0 saturated carbocycles. The summed E-state index contributed by atoms with van der Waals surface area (Å²) in [6.45, 7) is 2.30. The number of carbonyl (C=O) groups is 1. The fourth-order valence-electron chi connectivity index (χ4n) is 4.42. The van der Waals surface area contributed by atoms with E-state index in [1.54, 1.807) is 0 Å². The van der Waals surface area contributed by atoms with Gasteiger partial charge in [0.1, 0.15) is 4.88 Å². The van der Waals surface area contributed by atoms with Crippen LogP contribution in [0.15, 0.2) is 66.2 Å². The van der Waals surface area contributed by atoms with Gasteiger partial charge in [0.2, 0.25) is 5.79 Å². The summed E-state index contributed by atoms with van der Waals surface area (Å²) >= 11 is 1.41. The molecule has 1 amide bonds. The molecule has 1 saturated heterocycles. The van der Waals surface area contributed by atoms with Crippen molar-refractivity contribution in [1.82, 2.24) is 4.98 Å². The molecule has 4 heterocycles. The Kier molecular flexibility index (Phi) is 4.98. The number of thiophene rings is 1. The average molecular weight is 459 g/mol. The SMILES string of the molecule is O=C(Nc1ccc2c(c1)C1(CN2)OCCO1)c1sccc1NCc1ccnc2ccccc12. The monoisotopic (exact) mass is 458 g/mol. The maximum Gasteiger partial charge on any atom is 0.267 e. The van der Waals surface area contributed by atoms with Gasteiger partial charge in [-0.05, 0) is 47.3 Å². The Morgan fingerprint density at radius 3 is 2.91 bits per heavy atom. The van der Waals surface area contributed by atoms with Gasteiger partial charge in [0.05, 0.1) is 31.0 Å². The molecule has 0 bridgehead atoms. The Labute approximate surface area is 194 Å². The van der Waals surface area contributed by atoms with Crippen LogP contribution in [0.5, 0.6) is 0 Å². The second-order valence-electron chi connectivity index (χ2n) is 8.02. The highest BCUT2D eigenvalue weighted by Crippen LogP contribution is 2.42. The van der Waals surface area contributed by atoms with Crippen molar-refractivity contribution in [2.45, 2.75) is 12.3 Å². The van der Waals surface area contributed by atoms with Crippen molar-refractivity contribution in [1.29, 1.82) is 0 Å². The van der Waals surface area contributed by atoms with Crippen LogP contribution in [0, 0.1) is 0 Å². The van der Waals surface area contributed by atoms with Crippen molar-refractivity contribution in [2.24, 2.45) is 0 Å². The van der Waals surface area contributed by atoms with Crippen LogP contribution in [-0.2, 0) is 21.8 Å². The Morgan fingerprint density at radius 1 is 1.12 bits per heavy atom. The van der Waals surface area contributed by atoms with E-state index < -0.39 is 5.79 Å². The number of benzene rings is 2. The molecular weight excluding hydrogens is 436 g/mol. The zero-order valence-corrected chi connectivity index (χ0v) is 18.6. The molecule has 0 atom stereocenters. The molecule has 1 fully saturated rings. The summed E-state index contributed by atoms with van der Waals surface area (Å²) in [5.41, 5.74) is 5.50. The summed E-state index contributed by atoms with van der Waals surface area (Å²) in [5.74, 6) is -0.903. The third kappa shape index (κ3) is 3.62. The molecule has 3 N–H and O–H groups in total. The van der Waals surface area contributed by atoms with Gasteiger partial charge in [-0.15, -0.1) is 11.3 Å². The minimum Gasteiger partial charge on any atom is -0.380 e. The lowest BCUT2D eigenvalue weighted by Gasteiger charge is -2.21. The molecule has 4 aromatic rings. The van der Waals surface area contributed by atoms with Gasteiger partial charge in [-0.1, -0.05) is 18.2 Å². The average Bonchev–Trinajstić information content (AvgIpc) is 3.59. The summed E-state index contributed by atoms with van der Waals surface area (Å²) in [4.78, 5) is 18.2. The zero-order chi connectivity index (χ0) is 22.3. The van der Waals surface area contributed by atoms with E-state index >= 15 is 0 Å². The fraction of sp³-hybridized carbons (Fsp3) is 0.200. The first-order chi connectivity index (χ1) is 16.2. The van der Waals surface area contributed by atoms with Crippen LogP contribution in [-0.4, -0.2) is 30.6 Å². The maximum absolute atomic E-state index is 13.1. The summed E-state index contributed by atoms with van der Waals surface area (Å²) < 4.78 is 11.7. The Bertz CT molecular complexity index is 1340. The number of nitrogens with one attached hydrogen (secondary N) is 3. The van der Waals surface area contributed by atoms with Crippen LogP contribution in [0.25, 0.3) is 10.9 Å². The topological polar surface area (TPSA) is 84.5 Å². The molecule has 7 nitrogen and oxygen atoms in total. The van der Waals surface area contributed by atoms with Crippen molar-refractivity contribution >= 4 is 45.2 Å². The van der Waals surface area contributed by atoms with Crippen LogP contribution >= 0.6 is 11.3 Å². The summed E-state index contributed by atoms with van der Waals surface area (Å²) in [6.07, 6.45) is 1.81. The lowest BCUT2D eigenvalue weighted by atomic mass is 10.1. The molecule has 0 radical (unpaired) electrons. The van der Waals surface area contributed by atoms with Crippen LogP contribution in [0.1, 0.15) is 20.8 Å². The van der Waals surface area contributed by atoms with E-state index in [4.69, 9.17) is 9.47 Å². The standard InChI is InChI=1S/C25H22N4O3S/c30-24(29-17-5-6-21-19(13-17)25(15-28-21)31-10-11-32-25)23-22(8-12-33-23)27-14-16-7-9-26-20-4-2-1-3-18(16)20/h1-9,12-13,27-28H,10-11,14-15H2,(H,29,30). The number of ether oxygens (including phenoxy) is 2. The first-order valence-corrected chi connectivity index (χ1v) is 11.7. The smallest absolute Gasteiger partial charge is 0.267 e. The molecule has 6 rings (SSSR count). The highest BCUT2D eigenvalue weighted by Gasteiger charge is 2.44. The van der Waals surface area contributed by atoms with Crippen molar-refractivity contribution in [2.75, 3.05) is 35.7 Å². The van der Waals surface area contributed by atoms with E-state index in [0.29, 0.717) is 36.9 Å². The highest BCUT2D eigenvalue weighted by atomic mass is 32.1. The van der Waals surface area contributed by atoms with Gasteiger partial charge in [0.15, 0.2) is 0 Å². The molecule has 0 aliphatic carbocycles. The van der Waals surface area contributed by atoms with E-state index in [2.05, 4.69) is 27.0 Å². The number of nitrogens with zero attached hydrogens (tertiary/aromatic N) is 1. The fourth-order valence-corrected chi connectivity index (χ4v) is 5.19. The minimum atomic E-state index is -0.751. The first kappa shape index (κ1) is 20.2. The molecule has 8 heteroatoms. The number of hydrogen-bond donors (Lipinski definition) is 3. The van der Waals surface area contributed by atoms with Gasteiger partial charge in [0.25, 0.3) is 5.91 Å². The second-order valence-corrected chi connectivity index (χ2v) is 8.94. The van der Waals surface area contributed by atoms with Crippen LogP contribution in [0.3, 0.4) is 0 Å². The van der Waals surface area contributed by atoms with Crippen molar-refractivity contribution < 1.29 is 14.3 Å². The zero-order valence-electron chi connectivity index (χ0n) is 17.8. The normalized spacial score (nSPS) is 16.0. The molecule has 0 unspecified atom stereocenters. The summed E-state index contributed by atoms with van der Waals surface area (Å²) in [7, 11) is 0. The predicted octanol–water partition coefficient (Wildman–Crippen LogP) is 4.79. The van der Waals surface area contributed by atoms with Gasteiger partial charge in [-0.25, -0.2) is 0 Å². The van der Waals surface area contributed by atoms with Crippen molar-refractivity contribution in [3.05, 3.63) is 82.2 Å². The highest BCUT2D eigenvalue weighted by molar-refractivity contribution is 7.12. The third-order valence-corrected chi connectivity index (χ3v) is 6.95. The number of aromatic nitrogens is 1. The molecular formula is C25H22N4O3S. The summed E-state index contributed by atoms with van der Waals surface area (Å²) in [5, 5.41) is 12.8. The molecule has 2 aliphatic rings. The van der Waals surface area contributed by atoms with Crippen molar-refractivity contribution in [3.8, 4) is 0 Å². The van der Waals surface area contributed by atoms with E-state index in [-0.39, 0.29) is 5.91 Å². The second kappa shape index (κ2) is 8.15. The third-order valence-electron chi connectivity index (χ3n) is 6.03. The predicted molar refractivity (Wildman–Crippen MR) is 130 cm³/mol. The van der Waals surface area contributed by atoms with Crippen molar-refractivity contribution in [3.63, 3.8) is 0 Å². The molecule has 2 aromatic carbocycles. The maximum atomic E-state index is 13.1. The molecule has 2 aliphatic heterocycles. The van der Waals surface area contributed by atoms with E-state index in [1.165, 1.54) is 11.3 Å². The number of carbonyl (C=O) groups excluding carboxylic acids is 1. The van der Waals surface area contributed by atoms with Gasteiger partial charge in [-0.3, -0.25) is 9.78 Å². The van der Waals surface area contributed by atoms with Gasteiger partial charge >= 0.3 is 0 Å². The Hall–Kier alpha value is -3.46. The number of amides is 1. The van der Waals surface area contributed by atoms with Gasteiger partial charge < -0.3 is 25.4 Å².